The maximum absolute atomic E-state index is 12.4. The molecule has 2 aromatic rings. The standard InChI is InChI=1S/C19H22N4O5/c1-11-8-13(11)18(26)28-10-14(24)22(2)15-16(20)23(19(27)21-17(15)25)9-12-6-4-3-5-7-12/h3-7,11,13H,8-10,20H2,1-2H3,(H,21,25,27). The molecular formula is C19H22N4O5. The van der Waals surface area contributed by atoms with Gasteiger partial charge in [-0.2, -0.15) is 0 Å². The summed E-state index contributed by atoms with van der Waals surface area (Å²) < 4.78 is 6.19. The number of anilines is 2. The van der Waals surface area contributed by atoms with Crippen LogP contribution in [0.1, 0.15) is 18.9 Å². The zero-order valence-corrected chi connectivity index (χ0v) is 15.7. The first-order valence-electron chi connectivity index (χ1n) is 8.89. The number of carbonyl (C=O) groups excluding carboxylic acids is 2. The molecule has 28 heavy (non-hydrogen) atoms. The molecule has 148 valence electrons. The van der Waals surface area contributed by atoms with Crippen LogP contribution in [-0.4, -0.2) is 35.1 Å². The Hall–Kier alpha value is -3.36. The minimum Gasteiger partial charge on any atom is -0.455 e. The SMILES string of the molecule is CC1CC1C(=O)OCC(=O)N(C)c1c(N)n(Cc2ccccc2)c(=O)[nH]c1=O. The van der Waals surface area contributed by atoms with Gasteiger partial charge in [-0.3, -0.25) is 23.9 Å². The summed E-state index contributed by atoms with van der Waals surface area (Å²) in [5.74, 6) is -1.09. The Morgan fingerprint density at radius 2 is 1.93 bits per heavy atom. The number of nitrogens with one attached hydrogen (secondary N) is 1. The molecule has 2 unspecified atom stereocenters. The monoisotopic (exact) mass is 386 g/mol. The van der Waals surface area contributed by atoms with Crippen LogP contribution in [0.15, 0.2) is 39.9 Å². The molecule has 1 heterocycles. The van der Waals surface area contributed by atoms with Gasteiger partial charge in [-0.1, -0.05) is 37.3 Å². The molecule has 9 nitrogen and oxygen atoms in total. The van der Waals surface area contributed by atoms with Crippen molar-refractivity contribution < 1.29 is 14.3 Å². The van der Waals surface area contributed by atoms with Gasteiger partial charge >= 0.3 is 11.7 Å². The van der Waals surface area contributed by atoms with Crippen molar-refractivity contribution in [2.24, 2.45) is 11.8 Å². The zero-order valence-electron chi connectivity index (χ0n) is 15.7. The van der Waals surface area contributed by atoms with E-state index < -0.39 is 29.7 Å². The molecule has 0 saturated heterocycles. The number of esters is 1. The quantitative estimate of drug-likeness (QED) is 0.689. The second-order valence-electron chi connectivity index (χ2n) is 6.94. The van der Waals surface area contributed by atoms with Crippen molar-refractivity contribution in [1.29, 1.82) is 0 Å². The van der Waals surface area contributed by atoms with Gasteiger partial charge in [0.15, 0.2) is 12.3 Å². The average molecular weight is 386 g/mol. The molecule has 3 rings (SSSR count). The molecule has 1 aromatic heterocycles. The highest BCUT2D eigenvalue weighted by Crippen LogP contribution is 2.38. The maximum atomic E-state index is 12.4. The number of hydrogen-bond donors (Lipinski definition) is 2. The number of likely N-dealkylation sites (N-methyl/N-ethyl adjacent to an activating group) is 1. The van der Waals surface area contributed by atoms with E-state index in [0.717, 1.165) is 16.9 Å². The third-order valence-electron chi connectivity index (χ3n) is 4.86. The normalized spacial score (nSPS) is 17.8. The second-order valence-corrected chi connectivity index (χ2v) is 6.94. The van der Waals surface area contributed by atoms with Crippen molar-refractivity contribution in [2.45, 2.75) is 19.9 Å². The van der Waals surface area contributed by atoms with Crippen LogP contribution in [0.2, 0.25) is 0 Å². The summed E-state index contributed by atoms with van der Waals surface area (Å²) in [4.78, 5) is 51.8. The topological polar surface area (TPSA) is 127 Å². The number of amides is 1. The number of nitrogens with two attached hydrogens (primary N) is 1. The van der Waals surface area contributed by atoms with Gasteiger partial charge in [0.1, 0.15) is 5.82 Å². The molecule has 1 aliphatic rings. The van der Waals surface area contributed by atoms with E-state index >= 15 is 0 Å². The smallest absolute Gasteiger partial charge is 0.330 e. The van der Waals surface area contributed by atoms with Gasteiger partial charge in [0, 0.05) is 7.05 Å². The lowest BCUT2D eigenvalue weighted by Gasteiger charge is -2.20. The number of aromatic amines is 1. The molecule has 1 aromatic carbocycles. The Kier molecular flexibility index (Phi) is 5.34. The number of nitrogens with zero attached hydrogens (tertiary/aromatic N) is 2. The lowest BCUT2D eigenvalue weighted by Crippen LogP contribution is -2.40. The first-order chi connectivity index (χ1) is 13.3. The zero-order chi connectivity index (χ0) is 20.4. The highest BCUT2D eigenvalue weighted by molar-refractivity contribution is 5.96. The van der Waals surface area contributed by atoms with Gasteiger partial charge in [-0.15, -0.1) is 0 Å². The van der Waals surface area contributed by atoms with Gasteiger partial charge in [0.25, 0.3) is 11.5 Å². The molecule has 0 bridgehead atoms. The van der Waals surface area contributed by atoms with Gasteiger partial charge in [-0.25, -0.2) is 4.79 Å². The van der Waals surface area contributed by atoms with Crippen LogP contribution in [0.3, 0.4) is 0 Å². The van der Waals surface area contributed by atoms with Crippen molar-refractivity contribution in [3.05, 3.63) is 56.7 Å². The van der Waals surface area contributed by atoms with E-state index in [1.54, 1.807) is 0 Å². The van der Waals surface area contributed by atoms with E-state index in [1.807, 2.05) is 37.3 Å². The van der Waals surface area contributed by atoms with Crippen LogP contribution in [0.25, 0.3) is 0 Å². The highest BCUT2D eigenvalue weighted by Gasteiger charge is 2.40. The van der Waals surface area contributed by atoms with Crippen molar-refractivity contribution in [1.82, 2.24) is 9.55 Å². The number of ether oxygens (including phenoxy) is 1. The van der Waals surface area contributed by atoms with E-state index in [0.29, 0.717) is 0 Å². The Labute approximate surface area is 160 Å². The summed E-state index contributed by atoms with van der Waals surface area (Å²) in [5, 5.41) is 0. The molecule has 2 atom stereocenters. The predicted molar refractivity (Wildman–Crippen MR) is 103 cm³/mol. The number of aromatic nitrogens is 2. The fourth-order valence-corrected chi connectivity index (χ4v) is 2.94. The van der Waals surface area contributed by atoms with Crippen LogP contribution in [-0.2, 0) is 20.9 Å². The molecule has 1 amide bonds. The van der Waals surface area contributed by atoms with Crippen LogP contribution in [0, 0.1) is 11.8 Å². The predicted octanol–water partition coefficient (Wildman–Crippen LogP) is 0.329. The minimum absolute atomic E-state index is 0.131. The summed E-state index contributed by atoms with van der Waals surface area (Å²) in [6.07, 6.45) is 0.750. The molecule has 0 aliphatic heterocycles. The molecule has 0 spiro atoms. The Morgan fingerprint density at radius 3 is 2.54 bits per heavy atom. The van der Waals surface area contributed by atoms with Crippen molar-refractivity contribution in [2.75, 3.05) is 24.3 Å². The molecule has 9 heteroatoms. The van der Waals surface area contributed by atoms with Crippen LogP contribution in [0.4, 0.5) is 11.5 Å². The third kappa shape index (κ3) is 3.98. The summed E-state index contributed by atoms with van der Waals surface area (Å²) in [6.45, 7) is 1.55. The number of rotatable bonds is 6. The maximum Gasteiger partial charge on any atom is 0.330 e. The Bertz CT molecular complexity index is 1010. The number of H-pyrrole nitrogens is 1. The first-order valence-corrected chi connectivity index (χ1v) is 8.89. The van der Waals surface area contributed by atoms with E-state index in [4.69, 9.17) is 10.5 Å². The summed E-state index contributed by atoms with van der Waals surface area (Å²) >= 11 is 0. The minimum atomic E-state index is -0.787. The molecule has 0 radical (unpaired) electrons. The van der Waals surface area contributed by atoms with E-state index in [2.05, 4.69) is 4.98 Å². The molecule has 1 aliphatic carbocycles. The largest absolute Gasteiger partial charge is 0.455 e. The number of nitrogen functional groups attached to an aromatic ring is 1. The molecule has 1 fully saturated rings. The van der Waals surface area contributed by atoms with Gasteiger partial charge in [0.05, 0.1) is 12.5 Å². The number of carbonyl (C=O) groups is 2. The highest BCUT2D eigenvalue weighted by atomic mass is 16.5. The van der Waals surface area contributed by atoms with Crippen molar-refractivity contribution in [3.8, 4) is 0 Å². The van der Waals surface area contributed by atoms with E-state index in [9.17, 15) is 19.2 Å². The molecule has 1 saturated carbocycles. The third-order valence-corrected chi connectivity index (χ3v) is 4.86. The summed E-state index contributed by atoms with van der Waals surface area (Å²) in [5.41, 5.74) is 5.21. The van der Waals surface area contributed by atoms with E-state index in [-0.39, 0.29) is 29.9 Å². The Balaban J connectivity index is 1.81. The first kappa shape index (κ1) is 19.4. The second kappa shape index (κ2) is 7.71. The van der Waals surface area contributed by atoms with Gasteiger partial charge in [0.2, 0.25) is 0 Å². The van der Waals surface area contributed by atoms with Crippen molar-refractivity contribution >= 4 is 23.4 Å². The lowest BCUT2D eigenvalue weighted by molar-refractivity contribution is -0.149. The fraction of sp³-hybridized carbons (Fsp3) is 0.368. The van der Waals surface area contributed by atoms with Crippen LogP contribution < -0.4 is 21.9 Å². The summed E-state index contributed by atoms with van der Waals surface area (Å²) in [7, 11) is 1.34. The fourth-order valence-electron chi connectivity index (χ4n) is 2.94. The average Bonchev–Trinajstić information content (AvgIpc) is 3.40. The molecule has 3 N–H and O–H groups in total. The van der Waals surface area contributed by atoms with Crippen molar-refractivity contribution in [3.63, 3.8) is 0 Å². The van der Waals surface area contributed by atoms with Gasteiger partial charge in [-0.05, 0) is 17.9 Å². The molecular weight excluding hydrogens is 364 g/mol. The van der Waals surface area contributed by atoms with Gasteiger partial charge < -0.3 is 15.4 Å². The number of hydrogen-bond acceptors (Lipinski definition) is 6. The van der Waals surface area contributed by atoms with E-state index in [1.165, 1.54) is 11.6 Å². The van der Waals surface area contributed by atoms with Crippen LogP contribution in [0.5, 0.6) is 0 Å². The summed E-state index contributed by atoms with van der Waals surface area (Å²) in [6, 6.07) is 9.08. The number of benzene rings is 1. The Morgan fingerprint density at radius 1 is 1.29 bits per heavy atom. The van der Waals surface area contributed by atoms with Crippen LogP contribution >= 0.6 is 0 Å². The lowest BCUT2D eigenvalue weighted by atomic mass is 10.2.